The van der Waals surface area contributed by atoms with E-state index in [1.54, 1.807) is 23.1 Å². The molecule has 0 aromatic carbocycles. The maximum Gasteiger partial charge on any atom is 0.257 e. The number of fused-ring (bicyclic) bond motifs is 1. The third-order valence-electron chi connectivity index (χ3n) is 5.42. The highest BCUT2D eigenvalue weighted by Crippen LogP contribution is 2.48. The number of H-pyrrole nitrogens is 1. The van der Waals surface area contributed by atoms with Crippen molar-refractivity contribution in [2.75, 3.05) is 5.32 Å². The van der Waals surface area contributed by atoms with Crippen LogP contribution in [-0.4, -0.2) is 21.0 Å². The molecule has 2 N–H and O–H groups in total. The fraction of sp³-hybridized carbons (Fsp3) is 0.476. The van der Waals surface area contributed by atoms with E-state index in [4.69, 9.17) is 4.98 Å². The summed E-state index contributed by atoms with van der Waals surface area (Å²) in [7, 11) is 0. The van der Waals surface area contributed by atoms with Gasteiger partial charge in [-0.25, -0.2) is 4.98 Å². The topological polar surface area (TPSA) is 74.8 Å². The van der Waals surface area contributed by atoms with Crippen LogP contribution in [-0.2, 0) is 4.79 Å². The zero-order valence-corrected chi connectivity index (χ0v) is 18.2. The zero-order valence-electron chi connectivity index (χ0n) is 16.6. The molecule has 3 heterocycles. The molecule has 0 amide bonds. The van der Waals surface area contributed by atoms with Gasteiger partial charge < -0.3 is 10.3 Å². The number of rotatable bonds is 4. The minimum absolute atomic E-state index is 0.101. The van der Waals surface area contributed by atoms with E-state index in [-0.39, 0.29) is 22.7 Å². The number of carbonyl (C=O) groups excluding carboxylic acids is 1. The van der Waals surface area contributed by atoms with Gasteiger partial charge in [0.05, 0.1) is 11.5 Å². The Balaban J connectivity index is 1.88. The predicted molar refractivity (Wildman–Crippen MR) is 115 cm³/mol. The van der Waals surface area contributed by atoms with E-state index in [0.29, 0.717) is 28.2 Å². The summed E-state index contributed by atoms with van der Waals surface area (Å²) < 4.78 is 0. The quantitative estimate of drug-likeness (QED) is 0.547. The number of hydrogen-bond donors (Lipinski definition) is 2. The molecule has 5 nitrogen and oxygen atoms in total. The molecule has 0 saturated carbocycles. The van der Waals surface area contributed by atoms with Crippen molar-refractivity contribution in [3.05, 3.63) is 49.6 Å². The molecule has 2 aliphatic rings. The van der Waals surface area contributed by atoms with Crippen LogP contribution in [0.15, 0.2) is 38.7 Å². The summed E-state index contributed by atoms with van der Waals surface area (Å²) in [6, 6.07) is 3.97. The number of Topliss-reactive ketones (excluding diaryl/α,β-unsaturated/α-hetero) is 1. The number of nitrogens with one attached hydrogen (secondary N) is 2. The number of nitrogens with zero attached hydrogens (tertiary/aromatic N) is 1. The normalized spacial score (nSPS) is 21.7. The van der Waals surface area contributed by atoms with Crippen molar-refractivity contribution < 1.29 is 4.79 Å². The van der Waals surface area contributed by atoms with E-state index in [0.717, 1.165) is 29.0 Å². The van der Waals surface area contributed by atoms with Crippen LogP contribution in [0.25, 0.3) is 0 Å². The van der Waals surface area contributed by atoms with Gasteiger partial charge in [0, 0.05) is 27.8 Å². The number of thioether (sulfide) groups is 1. The Kier molecular flexibility index (Phi) is 5.00. The number of anilines is 1. The van der Waals surface area contributed by atoms with Crippen LogP contribution in [0.1, 0.15) is 63.3 Å². The SMILES string of the molecule is CC[C@@H](C)Sc1nc2c(c(=O)[nH]1)[C@@H](c1cccs1)C1=C(CC(C)(C)CC1=O)N2. The Labute approximate surface area is 173 Å². The van der Waals surface area contributed by atoms with Crippen molar-refractivity contribution >= 4 is 34.7 Å². The number of hydrogen-bond acceptors (Lipinski definition) is 6. The van der Waals surface area contributed by atoms with Gasteiger partial charge in [-0.05, 0) is 29.7 Å². The average Bonchev–Trinajstić information content (AvgIpc) is 3.12. The van der Waals surface area contributed by atoms with Gasteiger partial charge in [0.2, 0.25) is 0 Å². The standard InChI is InChI=1S/C21H25N3O2S2/c1-5-11(2)28-20-23-18-17(19(26)24-20)16(14-7-6-8-27-14)15-12(22-18)9-21(3,4)10-13(15)25/h6-8,11,16H,5,9-10H2,1-4H3,(H2,22,23,24,26)/t11-,16+/m1/s1. The molecule has 0 spiro atoms. The second-order valence-electron chi connectivity index (χ2n) is 8.38. The Morgan fingerprint density at radius 3 is 2.82 bits per heavy atom. The lowest BCUT2D eigenvalue weighted by atomic mass is 9.70. The van der Waals surface area contributed by atoms with Crippen molar-refractivity contribution in [2.24, 2.45) is 5.41 Å². The molecule has 0 fully saturated rings. The minimum Gasteiger partial charge on any atom is -0.343 e. The van der Waals surface area contributed by atoms with Crippen LogP contribution in [0.3, 0.4) is 0 Å². The number of ketones is 1. The highest BCUT2D eigenvalue weighted by atomic mass is 32.2. The van der Waals surface area contributed by atoms with E-state index in [1.165, 1.54) is 0 Å². The molecular weight excluding hydrogens is 390 g/mol. The highest BCUT2D eigenvalue weighted by Gasteiger charge is 2.42. The van der Waals surface area contributed by atoms with Crippen LogP contribution in [0.2, 0.25) is 0 Å². The van der Waals surface area contributed by atoms with Crippen LogP contribution in [0, 0.1) is 5.41 Å². The number of carbonyl (C=O) groups is 1. The molecule has 4 rings (SSSR count). The number of thiophene rings is 1. The van der Waals surface area contributed by atoms with Crippen LogP contribution in [0.4, 0.5) is 5.82 Å². The molecule has 2 atom stereocenters. The fourth-order valence-corrected chi connectivity index (χ4v) is 5.65. The maximum absolute atomic E-state index is 13.1. The molecule has 2 aromatic heterocycles. The summed E-state index contributed by atoms with van der Waals surface area (Å²) in [5.41, 5.74) is 1.96. The summed E-state index contributed by atoms with van der Waals surface area (Å²) in [5, 5.41) is 6.35. The summed E-state index contributed by atoms with van der Waals surface area (Å²) in [5.74, 6) is 0.381. The molecule has 0 radical (unpaired) electrons. The Morgan fingerprint density at radius 1 is 1.36 bits per heavy atom. The molecule has 148 valence electrons. The Morgan fingerprint density at radius 2 is 2.14 bits per heavy atom. The fourth-order valence-electron chi connectivity index (χ4n) is 3.96. The lowest BCUT2D eigenvalue weighted by Crippen LogP contribution is -2.36. The first-order valence-corrected chi connectivity index (χ1v) is 11.4. The van der Waals surface area contributed by atoms with E-state index in [2.05, 4.69) is 38.0 Å². The van der Waals surface area contributed by atoms with Crippen molar-refractivity contribution in [1.82, 2.24) is 9.97 Å². The summed E-state index contributed by atoms with van der Waals surface area (Å²) >= 11 is 3.15. The van der Waals surface area contributed by atoms with E-state index in [9.17, 15) is 9.59 Å². The molecule has 7 heteroatoms. The predicted octanol–water partition coefficient (Wildman–Crippen LogP) is 4.92. The molecule has 1 aliphatic heterocycles. The Hall–Kier alpha value is -1.86. The van der Waals surface area contributed by atoms with Gasteiger partial charge in [-0.1, -0.05) is 45.5 Å². The van der Waals surface area contributed by atoms with Crippen LogP contribution in [0.5, 0.6) is 0 Å². The van der Waals surface area contributed by atoms with Crippen LogP contribution < -0.4 is 10.9 Å². The molecule has 1 aliphatic carbocycles. The minimum atomic E-state index is -0.339. The number of aromatic amines is 1. The second kappa shape index (κ2) is 7.19. The first kappa shape index (κ1) is 19.5. The lowest BCUT2D eigenvalue weighted by molar-refractivity contribution is -0.118. The van der Waals surface area contributed by atoms with Gasteiger partial charge in [0.15, 0.2) is 10.9 Å². The molecule has 28 heavy (non-hydrogen) atoms. The largest absolute Gasteiger partial charge is 0.343 e. The molecule has 0 saturated heterocycles. The molecule has 0 bridgehead atoms. The molecule has 2 aromatic rings. The van der Waals surface area contributed by atoms with E-state index >= 15 is 0 Å². The monoisotopic (exact) mass is 415 g/mol. The van der Waals surface area contributed by atoms with Gasteiger partial charge in [-0.15, -0.1) is 11.3 Å². The van der Waals surface area contributed by atoms with E-state index in [1.807, 2.05) is 17.5 Å². The zero-order chi connectivity index (χ0) is 20.1. The molecule has 0 unspecified atom stereocenters. The van der Waals surface area contributed by atoms with Gasteiger partial charge in [-0.3, -0.25) is 9.59 Å². The number of aromatic nitrogens is 2. The first-order valence-electron chi connectivity index (χ1n) is 9.66. The van der Waals surface area contributed by atoms with Gasteiger partial charge >= 0.3 is 0 Å². The smallest absolute Gasteiger partial charge is 0.257 e. The van der Waals surface area contributed by atoms with Crippen molar-refractivity contribution in [2.45, 2.75) is 63.3 Å². The third-order valence-corrected chi connectivity index (χ3v) is 7.51. The third kappa shape index (κ3) is 3.46. The summed E-state index contributed by atoms with van der Waals surface area (Å²) in [4.78, 5) is 34.9. The van der Waals surface area contributed by atoms with Crippen molar-refractivity contribution in [3.63, 3.8) is 0 Å². The highest BCUT2D eigenvalue weighted by molar-refractivity contribution is 7.99. The summed E-state index contributed by atoms with van der Waals surface area (Å²) in [6.07, 6.45) is 2.27. The second-order valence-corrected chi connectivity index (χ2v) is 10.8. The van der Waals surface area contributed by atoms with Crippen LogP contribution >= 0.6 is 23.1 Å². The van der Waals surface area contributed by atoms with Gasteiger partial charge in [-0.2, -0.15) is 0 Å². The Bertz CT molecular complexity index is 1010. The lowest BCUT2D eigenvalue weighted by Gasteiger charge is -2.38. The average molecular weight is 416 g/mol. The maximum atomic E-state index is 13.1. The van der Waals surface area contributed by atoms with Crippen molar-refractivity contribution in [1.29, 1.82) is 0 Å². The van der Waals surface area contributed by atoms with Gasteiger partial charge in [0.25, 0.3) is 5.56 Å². The van der Waals surface area contributed by atoms with Crippen molar-refractivity contribution in [3.8, 4) is 0 Å². The number of allylic oxidation sites excluding steroid dienone is 2. The molecular formula is C21H25N3O2S2. The summed E-state index contributed by atoms with van der Waals surface area (Å²) in [6.45, 7) is 8.46. The van der Waals surface area contributed by atoms with E-state index < -0.39 is 0 Å². The first-order chi connectivity index (χ1) is 13.3. The van der Waals surface area contributed by atoms with Gasteiger partial charge in [0.1, 0.15) is 5.82 Å².